The first-order chi connectivity index (χ1) is 14.7. The first-order valence-corrected chi connectivity index (χ1v) is 10.1. The number of aryl methyl sites for hydroxylation is 3. The van der Waals surface area contributed by atoms with Crippen molar-refractivity contribution in [1.29, 1.82) is 0 Å². The van der Waals surface area contributed by atoms with Crippen LogP contribution in [-0.4, -0.2) is 14.8 Å². The zero-order valence-corrected chi connectivity index (χ0v) is 16.7. The fourth-order valence-corrected chi connectivity index (χ4v) is 3.96. The van der Waals surface area contributed by atoms with Crippen molar-refractivity contribution in [2.45, 2.75) is 19.9 Å². The molecule has 2 aromatic heterocycles. The van der Waals surface area contributed by atoms with Gasteiger partial charge in [0.25, 0.3) is 5.56 Å². The van der Waals surface area contributed by atoms with Crippen LogP contribution in [0.2, 0.25) is 0 Å². The smallest absolute Gasteiger partial charge is 0.267 e. The predicted octanol–water partition coefficient (Wildman–Crippen LogP) is 5.16. The fraction of sp³-hybridized carbons (Fsp3) is 0.115. The largest absolute Gasteiger partial charge is 0.275 e. The Morgan fingerprint density at radius 2 is 1.57 bits per heavy atom. The molecule has 4 nitrogen and oxygen atoms in total. The minimum absolute atomic E-state index is 0.0628. The van der Waals surface area contributed by atoms with Gasteiger partial charge in [-0.25, -0.2) is 4.68 Å². The molecule has 30 heavy (non-hydrogen) atoms. The van der Waals surface area contributed by atoms with Crippen LogP contribution in [0.25, 0.3) is 32.8 Å². The molecule has 0 saturated carbocycles. The summed E-state index contributed by atoms with van der Waals surface area (Å²) in [6.45, 7) is 2.56. The third-order valence-corrected chi connectivity index (χ3v) is 5.55. The molecule has 5 aromatic rings. The molecule has 0 fully saturated rings. The lowest BCUT2D eigenvalue weighted by Crippen LogP contribution is -2.24. The van der Waals surface area contributed by atoms with E-state index >= 15 is 0 Å². The van der Waals surface area contributed by atoms with E-state index in [-0.39, 0.29) is 5.56 Å². The summed E-state index contributed by atoms with van der Waals surface area (Å²) in [5.41, 5.74) is 5.04. The van der Waals surface area contributed by atoms with Gasteiger partial charge in [0.05, 0.1) is 23.6 Å². The quantitative estimate of drug-likeness (QED) is 0.425. The van der Waals surface area contributed by atoms with Crippen molar-refractivity contribution in [3.63, 3.8) is 0 Å². The summed E-state index contributed by atoms with van der Waals surface area (Å²) in [7, 11) is 0. The van der Waals surface area contributed by atoms with Crippen LogP contribution in [0.1, 0.15) is 11.3 Å². The maximum Gasteiger partial charge on any atom is 0.275 e. The molecule has 0 radical (unpaired) electrons. The second-order valence-electron chi connectivity index (χ2n) is 7.50. The third-order valence-electron chi connectivity index (χ3n) is 5.55. The predicted molar refractivity (Wildman–Crippen MR) is 122 cm³/mol. The van der Waals surface area contributed by atoms with Gasteiger partial charge in [-0.2, -0.15) is 5.10 Å². The van der Waals surface area contributed by atoms with Crippen LogP contribution < -0.4 is 5.56 Å². The Bertz CT molecular complexity index is 1440. The number of nitrogens with zero attached hydrogens (tertiary/aromatic N) is 3. The lowest BCUT2D eigenvalue weighted by atomic mass is 9.96. The summed E-state index contributed by atoms with van der Waals surface area (Å²) in [6, 6.07) is 26.2. The fourth-order valence-electron chi connectivity index (χ4n) is 3.96. The summed E-state index contributed by atoms with van der Waals surface area (Å²) in [5.74, 6) is 0. The molecule has 0 spiro atoms. The van der Waals surface area contributed by atoms with Crippen molar-refractivity contribution in [1.82, 2.24) is 14.8 Å². The minimum Gasteiger partial charge on any atom is -0.267 e. The number of fused-ring (bicyclic) bond motifs is 2. The molecule has 146 valence electrons. The van der Waals surface area contributed by atoms with E-state index in [1.807, 2.05) is 54.6 Å². The summed E-state index contributed by atoms with van der Waals surface area (Å²) in [4.78, 5) is 18.1. The molecule has 0 atom stereocenters. The summed E-state index contributed by atoms with van der Waals surface area (Å²) < 4.78 is 1.56. The first-order valence-electron chi connectivity index (χ1n) is 10.1. The van der Waals surface area contributed by atoms with Gasteiger partial charge in [0, 0.05) is 22.9 Å². The summed E-state index contributed by atoms with van der Waals surface area (Å²) in [5, 5.41) is 7.11. The number of rotatable bonds is 4. The van der Waals surface area contributed by atoms with Crippen LogP contribution in [0.4, 0.5) is 0 Å². The molecule has 0 N–H and O–H groups in total. The van der Waals surface area contributed by atoms with E-state index in [1.54, 1.807) is 10.9 Å². The molecule has 4 heteroatoms. The Balaban J connectivity index is 1.53. The van der Waals surface area contributed by atoms with Gasteiger partial charge < -0.3 is 0 Å². The average molecular weight is 391 g/mol. The van der Waals surface area contributed by atoms with Crippen molar-refractivity contribution < 1.29 is 0 Å². The topological polar surface area (TPSA) is 47.8 Å². The van der Waals surface area contributed by atoms with E-state index in [9.17, 15) is 4.79 Å². The van der Waals surface area contributed by atoms with E-state index in [2.05, 4.69) is 36.3 Å². The Morgan fingerprint density at radius 1 is 0.800 bits per heavy atom. The Hall–Kier alpha value is -3.79. The van der Waals surface area contributed by atoms with Crippen molar-refractivity contribution in [2.24, 2.45) is 0 Å². The number of hydrogen-bond donors (Lipinski definition) is 0. The van der Waals surface area contributed by atoms with Gasteiger partial charge in [0.15, 0.2) is 0 Å². The minimum atomic E-state index is -0.0628. The van der Waals surface area contributed by atoms with Crippen LogP contribution in [-0.2, 0) is 13.0 Å². The molecule has 2 heterocycles. The van der Waals surface area contributed by atoms with E-state index in [0.29, 0.717) is 18.4 Å². The highest BCUT2D eigenvalue weighted by Gasteiger charge is 2.12. The van der Waals surface area contributed by atoms with Gasteiger partial charge in [-0.1, -0.05) is 66.7 Å². The van der Waals surface area contributed by atoms with Gasteiger partial charge in [0.1, 0.15) is 0 Å². The van der Waals surface area contributed by atoms with Crippen molar-refractivity contribution in [3.8, 4) is 11.1 Å². The number of hydrogen-bond acceptors (Lipinski definition) is 3. The molecule has 0 unspecified atom stereocenters. The van der Waals surface area contributed by atoms with Crippen LogP contribution in [0.5, 0.6) is 0 Å². The molecule has 0 saturated heterocycles. The SMILES string of the molecule is Cc1ccccc1-c1cccc2cnn(CCc3ccc4ccccc4n3)c(=O)c12. The second kappa shape index (κ2) is 7.56. The number of benzene rings is 3. The Labute approximate surface area is 174 Å². The first kappa shape index (κ1) is 18.3. The Kier molecular flexibility index (Phi) is 4.60. The maximum absolute atomic E-state index is 13.3. The number of aromatic nitrogens is 3. The highest BCUT2D eigenvalue weighted by atomic mass is 16.1. The zero-order valence-electron chi connectivity index (χ0n) is 16.7. The number of pyridine rings is 1. The molecular formula is C26H21N3O. The van der Waals surface area contributed by atoms with E-state index in [4.69, 9.17) is 4.98 Å². The molecule has 0 aliphatic rings. The van der Waals surface area contributed by atoms with E-state index < -0.39 is 0 Å². The maximum atomic E-state index is 13.3. The van der Waals surface area contributed by atoms with Gasteiger partial charge >= 0.3 is 0 Å². The number of para-hydroxylation sites is 1. The standard InChI is InChI=1S/C26H21N3O/c1-18-7-2-4-10-22(18)23-11-6-9-20-17-27-29(26(30)25(20)23)16-15-21-14-13-19-8-3-5-12-24(19)28-21/h2-14,17H,15-16H2,1H3. The average Bonchev–Trinajstić information content (AvgIpc) is 2.78. The highest BCUT2D eigenvalue weighted by Crippen LogP contribution is 2.28. The van der Waals surface area contributed by atoms with Gasteiger partial charge in [-0.15, -0.1) is 0 Å². The monoisotopic (exact) mass is 391 g/mol. The normalized spacial score (nSPS) is 11.2. The molecular weight excluding hydrogens is 370 g/mol. The molecule has 0 amide bonds. The lowest BCUT2D eigenvalue weighted by molar-refractivity contribution is 0.580. The van der Waals surface area contributed by atoms with E-state index in [0.717, 1.165) is 38.7 Å². The summed E-state index contributed by atoms with van der Waals surface area (Å²) in [6.07, 6.45) is 2.43. The van der Waals surface area contributed by atoms with Crippen molar-refractivity contribution >= 4 is 21.7 Å². The van der Waals surface area contributed by atoms with Crippen molar-refractivity contribution in [3.05, 3.63) is 107 Å². The molecule has 0 aliphatic carbocycles. The van der Waals surface area contributed by atoms with Gasteiger partial charge in [-0.05, 0) is 35.7 Å². The van der Waals surface area contributed by atoms with Gasteiger partial charge in [0.2, 0.25) is 0 Å². The van der Waals surface area contributed by atoms with Crippen molar-refractivity contribution in [2.75, 3.05) is 0 Å². The molecule has 0 aliphatic heterocycles. The van der Waals surface area contributed by atoms with E-state index in [1.165, 1.54) is 0 Å². The third kappa shape index (κ3) is 3.26. The molecule has 3 aromatic carbocycles. The van der Waals surface area contributed by atoms with Crippen LogP contribution in [0, 0.1) is 6.92 Å². The highest BCUT2D eigenvalue weighted by molar-refractivity contribution is 5.96. The summed E-state index contributed by atoms with van der Waals surface area (Å²) >= 11 is 0. The second-order valence-corrected chi connectivity index (χ2v) is 7.50. The zero-order chi connectivity index (χ0) is 20.5. The van der Waals surface area contributed by atoms with Crippen LogP contribution >= 0.6 is 0 Å². The van der Waals surface area contributed by atoms with Crippen LogP contribution in [0.3, 0.4) is 0 Å². The molecule has 0 bridgehead atoms. The lowest BCUT2D eigenvalue weighted by Gasteiger charge is -2.11. The van der Waals surface area contributed by atoms with Crippen LogP contribution in [0.15, 0.2) is 89.9 Å². The molecule has 5 rings (SSSR count). The Morgan fingerprint density at radius 3 is 2.47 bits per heavy atom. The van der Waals surface area contributed by atoms with Gasteiger partial charge in [-0.3, -0.25) is 9.78 Å².